The van der Waals surface area contributed by atoms with Crippen LogP contribution in [0, 0.1) is 0 Å². The van der Waals surface area contributed by atoms with E-state index in [2.05, 4.69) is 0 Å². The molecule has 0 spiro atoms. The summed E-state index contributed by atoms with van der Waals surface area (Å²) in [5.41, 5.74) is 6.57. The zero-order valence-corrected chi connectivity index (χ0v) is 9.93. The van der Waals surface area contributed by atoms with Crippen molar-refractivity contribution >= 4 is 0 Å². The number of alkyl halides is 3. The molecule has 0 saturated heterocycles. The van der Waals surface area contributed by atoms with E-state index in [-0.39, 0.29) is 6.42 Å². The average Bonchev–Trinajstić information content (AvgIpc) is 2.28. The largest absolute Gasteiger partial charge is 0.395 e. The topological polar surface area (TPSA) is 26.0 Å². The Labute approximate surface area is 99.8 Å². The Kier molecular flexibility index (Phi) is 5.00. The first-order valence-corrected chi connectivity index (χ1v) is 5.84. The Morgan fingerprint density at radius 2 is 2.00 bits per heavy atom. The van der Waals surface area contributed by atoms with Crippen molar-refractivity contribution in [3.8, 4) is 0 Å². The van der Waals surface area contributed by atoms with Gasteiger partial charge in [0, 0.05) is 0 Å². The van der Waals surface area contributed by atoms with E-state index < -0.39 is 12.1 Å². The summed E-state index contributed by atoms with van der Waals surface area (Å²) in [6.45, 7) is 2.22. The lowest BCUT2D eigenvalue weighted by Gasteiger charge is -2.21. The van der Waals surface area contributed by atoms with Gasteiger partial charge < -0.3 is 5.73 Å². The number of benzene rings is 1. The van der Waals surface area contributed by atoms with Gasteiger partial charge in [0.25, 0.3) is 0 Å². The number of aryl methyl sites for hydroxylation is 1. The Bertz CT molecular complexity index is 347. The molecule has 2 N–H and O–H groups in total. The normalized spacial score (nSPS) is 13.7. The molecule has 0 saturated carbocycles. The first-order valence-electron chi connectivity index (χ1n) is 5.84. The van der Waals surface area contributed by atoms with Crippen molar-refractivity contribution in [2.45, 2.75) is 38.3 Å². The molecule has 1 aromatic carbocycles. The van der Waals surface area contributed by atoms with E-state index >= 15 is 0 Å². The Morgan fingerprint density at radius 3 is 2.53 bits per heavy atom. The van der Waals surface area contributed by atoms with Gasteiger partial charge >= 0.3 is 6.18 Å². The highest BCUT2D eigenvalue weighted by Gasteiger charge is 2.39. The fraction of sp³-hybridized carbons (Fsp3) is 0.538. The maximum Gasteiger partial charge on any atom is 0.395 e. The summed E-state index contributed by atoms with van der Waals surface area (Å²) < 4.78 is 38.8. The van der Waals surface area contributed by atoms with Crippen molar-refractivity contribution in [3.63, 3.8) is 0 Å². The molecule has 1 aromatic rings. The van der Waals surface area contributed by atoms with Crippen molar-refractivity contribution in [2.75, 3.05) is 6.54 Å². The maximum atomic E-state index is 12.9. The predicted octanol–water partition coefficient (Wildman–Crippen LogP) is 3.63. The van der Waals surface area contributed by atoms with Gasteiger partial charge in [0.05, 0.1) is 5.92 Å². The van der Waals surface area contributed by atoms with Gasteiger partial charge in [-0.15, -0.1) is 0 Å². The second kappa shape index (κ2) is 6.05. The van der Waals surface area contributed by atoms with Crippen LogP contribution in [0.3, 0.4) is 0 Å². The molecule has 17 heavy (non-hydrogen) atoms. The lowest BCUT2D eigenvalue weighted by Crippen LogP contribution is -2.22. The van der Waals surface area contributed by atoms with Gasteiger partial charge in [-0.2, -0.15) is 13.2 Å². The van der Waals surface area contributed by atoms with Crippen LogP contribution in [0.4, 0.5) is 13.2 Å². The van der Waals surface area contributed by atoms with Gasteiger partial charge in [0.1, 0.15) is 0 Å². The summed E-state index contributed by atoms with van der Waals surface area (Å²) in [6, 6.07) is 6.73. The van der Waals surface area contributed by atoms with E-state index in [9.17, 15) is 13.2 Å². The van der Waals surface area contributed by atoms with Crippen LogP contribution in [-0.4, -0.2) is 12.7 Å². The highest BCUT2D eigenvalue weighted by atomic mass is 19.4. The molecule has 0 radical (unpaired) electrons. The van der Waals surface area contributed by atoms with E-state index in [0.717, 1.165) is 12.0 Å². The summed E-state index contributed by atoms with van der Waals surface area (Å²) in [4.78, 5) is 0. The van der Waals surface area contributed by atoms with Gasteiger partial charge in [-0.3, -0.25) is 0 Å². The van der Waals surface area contributed by atoms with E-state index in [1.165, 1.54) is 0 Å². The molecule has 0 aliphatic rings. The van der Waals surface area contributed by atoms with Crippen molar-refractivity contribution in [3.05, 3.63) is 35.4 Å². The minimum atomic E-state index is -4.19. The third-order valence-electron chi connectivity index (χ3n) is 2.85. The molecule has 1 nitrogen and oxygen atoms in total. The predicted molar refractivity (Wildman–Crippen MR) is 62.9 cm³/mol. The second-order valence-electron chi connectivity index (χ2n) is 4.12. The number of nitrogens with two attached hydrogens (primary N) is 1. The van der Waals surface area contributed by atoms with Crippen LogP contribution in [0.2, 0.25) is 0 Å². The Balaban J connectivity index is 2.95. The highest BCUT2D eigenvalue weighted by molar-refractivity contribution is 5.27. The zero-order valence-electron chi connectivity index (χ0n) is 9.93. The summed E-state index contributed by atoms with van der Waals surface area (Å²) in [5.74, 6) is -1.39. The van der Waals surface area contributed by atoms with Gasteiger partial charge in [-0.05, 0) is 36.9 Å². The van der Waals surface area contributed by atoms with Gasteiger partial charge in [0.2, 0.25) is 0 Å². The molecule has 0 amide bonds. The summed E-state index contributed by atoms with van der Waals surface area (Å²) in [5, 5.41) is 0. The molecule has 0 aliphatic heterocycles. The first-order chi connectivity index (χ1) is 7.99. The summed E-state index contributed by atoms with van der Waals surface area (Å²) >= 11 is 0. The summed E-state index contributed by atoms with van der Waals surface area (Å²) in [7, 11) is 0. The molecule has 0 fully saturated rings. The Hall–Kier alpha value is -1.03. The van der Waals surface area contributed by atoms with Crippen molar-refractivity contribution in [2.24, 2.45) is 5.73 Å². The fourth-order valence-electron chi connectivity index (χ4n) is 1.87. The third-order valence-corrected chi connectivity index (χ3v) is 2.85. The number of rotatable bonds is 5. The second-order valence-corrected chi connectivity index (χ2v) is 4.12. The minimum absolute atomic E-state index is 0.0627. The fourth-order valence-corrected chi connectivity index (χ4v) is 1.87. The highest BCUT2D eigenvalue weighted by Crippen LogP contribution is 2.38. The monoisotopic (exact) mass is 245 g/mol. The molecule has 4 heteroatoms. The molecule has 0 aliphatic carbocycles. The van der Waals surface area contributed by atoms with Crippen molar-refractivity contribution < 1.29 is 13.2 Å². The Morgan fingerprint density at radius 1 is 1.29 bits per heavy atom. The lowest BCUT2D eigenvalue weighted by atomic mass is 9.92. The first kappa shape index (κ1) is 14.0. The third kappa shape index (κ3) is 4.04. The number of hydrogen-bond donors (Lipinski definition) is 1. The molecule has 1 unspecified atom stereocenters. The smallest absolute Gasteiger partial charge is 0.330 e. The maximum absolute atomic E-state index is 12.9. The van der Waals surface area contributed by atoms with Gasteiger partial charge in [-0.25, -0.2) is 0 Å². The molecule has 96 valence electrons. The number of hydrogen-bond acceptors (Lipinski definition) is 1. The molecule has 0 bridgehead atoms. The molecule has 0 heterocycles. The lowest BCUT2D eigenvalue weighted by molar-refractivity contribution is -0.152. The molecular weight excluding hydrogens is 227 g/mol. The van der Waals surface area contributed by atoms with Crippen LogP contribution in [0.15, 0.2) is 24.3 Å². The van der Waals surface area contributed by atoms with Crippen molar-refractivity contribution in [1.82, 2.24) is 0 Å². The van der Waals surface area contributed by atoms with Crippen LogP contribution in [0.5, 0.6) is 0 Å². The van der Waals surface area contributed by atoms with E-state index in [4.69, 9.17) is 5.73 Å². The van der Waals surface area contributed by atoms with Crippen LogP contribution in [0.1, 0.15) is 36.8 Å². The quantitative estimate of drug-likeness (QED) is 0.842. The van der Waals surface area contributed by atoms with Crippen LogP contribution >= 0.6 is 0 Å². The minimum Gasteiger partial charge on any atom is -0.330 e. The molecule has 1 rings (SSSR count). The van der Waals surface area contributed by atoms with Gasteiger partial charge in [-0.1, -0.05) is 31.2 Å². The van der Waals surface area contributed by atoms with E-state index in [0.29, 0.717) is 18.5 Å². The van der Waals surface area contributed by atoms with Crippen LogP contribution < -0.4 is 5.73 Å². The SMILES string of the molecule is CCc1cccc(C(CCCN)C(F)(F)F)c1. The zero-order chi connectivity index (χ0) is 12.9. The van der Waals surface area contributed by atoms with Gasteiger partial charge in [0.15, 0.2) is 0 Å². The number of halogens is 3. The van der Waals surface area contributed by atoms with E-state index in [1.807, 2.05) is 13.0 Å². The summed E-state index contributed by atoms with van der Waals surface area (Å²) in [6.07, 6.45) is -3.00. The molecular formula is C13H18F3N. The average molecular weight is 245 g/mol. The molecule has 1 atom stereocenters. The van der Waals surface area contributed by atoms with Crippen LogP contribution in [-0.2, 0) is 6.42 Å². The van der Waals surface area contributed by atoms with Crippen molar-refractivity contribution in [1.29, 1.82) is 0 Å². The standard InChI is InChI=1S/C13H18F3N/c1-2-10-5-3-6-11(9-10)12(7-4-8-17)13(14,15)16/h3,5-6,9,12H,2,4,7-8,17H2,1H3. The van der Waals surface area contributed by atoms with E-state index in [1.54, 1.807) is 18.2 Å². The molecule has 0 aromatic heterocycles. The van der Waals surface area contributed by atoms with Crippen LogP contribution in [0.25, 0.3) is 0 Å².